The molecule has 0 bridgehead atoms. The molecular formula is C18H18N2O3. The molecule has 2 N–H and O–H groups in total. The van der Waals surface area contributed by atoms with E-state index >= 15 is 0 Å². The second-order valence-electron chi connectivity index (χ2n) is 5.81. The number of amides is 2. The minimum atomic E-state index is -0.678. The van der Waals surface area contributed by atoms with Gasteiger partial charge in [-0.05, 0) is 55.7 Å². The van der Waals surface area contributed by atoms with Crippen LogP contribution in [0.3, 0.4) is 0 Å². The molecule has 0 saturated carbocycles. The lowest BCUT2D eigenvalue weighted by atomic mass is 10.1. The van der Waals surface area contributed by atoms with Gasteiger partial charge in [0.15, 0.2) is 0 Å². The number of fused-ring (bicyclic) bond motifs is 1. The number of phenolic OH excluding ortho intramolecular Hbond substituents is 1. The highest BCUT2D eigenvalue weighted by atomic mass is 16.3. The fourth-order valence-electron chi connectivity index (χ4n) is 2.95. The molecule has 1 heterocycles. The van der Waals surface area contributed by atoms with Crippen molar-refractivity contribution in [1.82, 2.24) is 0 Å². The van der Waals surface area contributed by atoms with Crippen molar-refractivity contribution in [3.8, 4) is 5.75 Å². The zero-order valence-corrected chi connectivity index (χ0v) is 13.0. The van der Waals surface area contributed by atoms with E-state index in [0.717, 1.165) is 17.7 Å². The Bertz CT molecular complexity index is 786. The Morgan fingerprint density at radius 1 is 1.22 bits per heavy atom. The number of aromatic hydroxyl groups is 1. The Morgan fingerprint density at radius 2 is 1.96 bits per heavy atom. The van der Waals surface area contributed by atoms with Crippen LogP contribution < -0.4 is 10.2 Å². The predicted molar refractivity (Wildman–Crippen MR) is 88.6 cm³/mol. The number of hydrogen-bond donors (Lipinski definition) is 2. The van der Waals surface area contributed by atoms with E-state index < -0.39 is 11.8 Å². The maximum Gasteiger partial charge on any atom is 0.316 e. The van der Waals surface area contributed by atoms with Crippen molar-refractivity contribution in [3.63, 3.8) is 0 Å². The third-order valence-corrected chi connectivity index (χ3v) is 4.08. The van der Waals surface area contributed by atoms with Crippen LogP contribution in [-0.2, 0) is 16.0 Å². The summed E-state index contributed by atoms with van der Waals surface area (Å²) in [6.45, 7) is 3.69. The molecular weight excluding hydrogens is 292 g/mol. The van der Waals surface area contributed by atoms with Gasteiger partial charge in [0.2, 0.25) is 0 Å². The summed E-state index contributed by atoms with van der Waals surface area (Å²) in [6.07, 6.45) is 0.743. The van der Waals surface area contributed by atoms with E-state index in [4.69, 9.17) is 0 Å². The highest BCUT2D eigenvalue weighted by Gasteiger charge is 2.34. The van der Waals surface area contributed by atoms with Crippen LogP contribution in [0.4, 0.5) is 11.4 Å². The average Bonchev–Trinajstić information content (AvgIpc) is 2.85. The lowest BCUT2D eigenvalue weighted by molar-refractivity contribution is -0.134. The summed E-state index contributed by atoms with van der Waals surface area (Å²) in [4.78, 5) is 26.4. The number of anilines is 2. The number of para-hydroxylation sites is 1. The van der Waals surface area contributed by atoms with E-state index in [2.05, 4.69) is 5.32 Å². The number of rotatable bonds is 1. The summed E-state index contributed by atoms with van der Waals surface area (Å²) in [6, 6.07) is 12.2. The number of carbonyl (C=O) groups excluding carboxylic acids is 2. The topological polar surface area (TPSA) is 69.6 Å². The standard InChI is InChI=1S/C18H18N2O3/c1-11-9-14(21)7-8-15(11)19-17(22)18(23)20-12(2)10-13-5-3-4-6-16(13)20/h3-9,12,21H,10H2,1-2H3,(H,19,22). The molecule has 0 aromatic heterocycles. The van der Waals surface area contributed by atoms with Crippen LogP contribution in [-0.4, -0.2) is 23.0 Å². The average molecular weight is 310 g/mol. The summed E-state index contributed by atoms with van der Waals surface area (Å²) in [5.41, 5.74) is 3.08. The summed E-state index contributed by atoms with van der Waals surface area (Å²) >= 11 is 0. The second kappa shape index (κ2) is 5.76. The number of phenols is 1. The van der Waals surface area contributed by atoms with Crippen LogP contribution in [0.1, 0.15) is 18.1 Å². The van der Waals surface area contributed by atoms with Crippen molar-refractivity contribution in [2.75, 3.05) is 10.2 Å². The van der Waals surface area contributed by atoms with E-state index in [-0.39, 0.29) is 11.8 Å². The Hall–Kier alpha value is -2.82. The predicted octanol–water partition coefficient (Wildman–Crippen LogP) is 2.62. The van der Waals surface area contributed by atoms with E-state index in [0.29, 0.717) is 11.3 Å². The first kappa shape index (κ1) is 15.1. The minimum absolute atomic E-state index is 0.0495. The number of aryl methyl sites for hydroxylation is 1. The van der Waals surface area contributed by atoms with Gasteiger partial charge in [0.25, 0.3) is 0 Å². The lowest BCUT2D eigenvalue weighted by Gasteiger charge is -2.22. The molecule has 23 heavy (non-hydrogen) atoms. The molecule has 1 atom stereocenters. The first-order chi connectivity index (χ1) is 11.0. The summed E-state index contributed by atoms with van der Waals surface area (Å²) < 4.78 is 0. The third kappa shape index (κ3) is 2.77. The van der Waals surface area contributed by atoms with Crippen molar-refractivity contribution >= 4 is 23.2 Å². The molecule has 0 aliphatic carbocycles. The molecule has 0 radical (unpaired) electrons. The van der Waals surface area contributed by atoms with Crippen LogP contribution >= 0.6 is 0 Å². The van der Waals surface area contributed by atoms with Gasteiger partial charge in [-0.1, -0.05) is 18.2 Å². The molecule has 1 unspecified atom stereocenters. The third-order valence-electron chi connectivity index (χ3n) is 4.08. The molecule has 0 fully saturated rings. The van der Waals surface area contributed by atoms with Crippen LogP contribution in [0.15, 0.2) is 42.5 Å². The molecule has 118 valence electrons. The quantitative estimate of drug-likeness (QED) is 0.628. The number of nitrogens with one attached hydrogen (secondary N) is 1. The van der Waals surface area contributed by atoms with Crippen LogP contribution in [0.5, 0.6) is 5.75 Å². The van der Waals surface area contributed by atoms with E-state index in [1.807, 2.05) is 31.2 Å². The highest BCUT2D eigenvalue weighted by Crippen LogP contribution is 2.32. The van der Waals surface area contributed by atoms with Gasteiger partial charge in [-0.25, -0.2) is 0 Å². The summed E-state index contributed by atoms with van der Waals surface area (Å²) in [7, 11) is 0. The molecule has 5 nitrogen and oxygen atoms in total. The molecule has 2 aromatic rings. The van der Waals surface area contributed by atoms with Crippen molar-refractivity contribution < 1.29 is 14.7 Å². The van der Waals surface area contributed by atoms with Gasteiger partial charge in [0.1, 0.15) is 5.75 Å². The summed E-state index contributed by atoms with van der Waals surface area (Å²) in [5, 5.41) is 12.0. The normalized spacial score (nSPS) is 16.1. The van der Waals surface area contributed by atoms with Crippen molar-refractivity contribution in [3.05, 3.63) is 53.6 Å². The van der Waals surface area contributed by atoms with Gasteiger partial charge < -0.3 is 15.3 Å². The van der Waals surface area contributed by atoms with E-state index in [1.54, 1.807) is 17.9 Å². The number of benzene rings is 2. The van der Waals surface area contributed by atoms with Gasteiger partial charge in [-0.15, -0.1) is 0 Å². The van der Waals surface area contributed by atoms with Gasteiger partial charge in [-0.3, -0.25) is 9.59 Å². The van der Waals surface area contributed by atoms with Gasteiger partial charge in [0.05, 0.1) is 0 Å². The smallest absolute Gasteiger partial charge is 0.316 e. The molecule has 3 rings (SSSR count). The second-order valence-corrected chi connectivity index (χ2v) is 5.81. The number of nitrogens with zero attached hydrogens (tertiary/aromatic N) is 1. The molecule has 1 aliphatic heterocycles. The zero-order valence-electron chi connectivity index (χ0n) is 13.0. The fraction of sp³-hybridized carbons (Fsp3) is 0.222. The van der Waals surface area contributed by atoms with Crippen molar-refractivity contribution in [1.29, 1.82) is 0 Å². The first-order valence-corrected chi connectivity index (χ1v) is 7.49. The summed E-state index contributed by atoms with van der Waals surface area (Å²) in [5.74, 6) is -1.13. The molecule has 0 spiro atoms. The molecule has 2 aromatic carbocycles. The molecule has 5 heteroatoms. The Kier molecular flexibility index (Phi) is 3.78. The molecule has 1 aliphatic rings. The van der Waals surface area contributed by atoms with Crippen LogP contribution in [0.2, 0.25) is 0 Å². The number of carbonyl (C=O) groups is 2. The van der Waals surface area contributed by atoms with Gasteiger partial charge in [-0.2, -0.15) is 0 Å². The highest BCUT2D eigenvalue weighted by molar-refractivity contribution is 6.44. The molecule has 0 saturated heterocycles. The maximum absolute atomic E-state index is 12.6. The van der Waals surface area contributed by atoms with Crippen molar-refractivity contribution in [2.24, 2.45) is 0 Å². The van der Waals surface area contributed by atoms with Crippen LogP contribution in [0, 0.1) is 6.92 Å². The Labute approximate surface area is 134 Å². The van der Waals surface area contributed by atoms with Gasteiger partial charge >= 0.3 is 11.8 Å². The minimum Gasteiger partial charge on any atom is -0.508 e. The van der Waals surface area contributed by atoms with Crippen LogP contribution in [0.25, 0.3) is 0 Å². The largest absolute Gasteiger partial charge is 0.508 e. The SMILES string of the molecule is Cc1cc(O)ccc1NC(=O)C(=O)N1c2ccccc2CC1C. The monoisotopic (exact) mass is 310 g/mol. The first-order valence-electron chi connectivity index (χ1n) is 7.49. The molecule has 2 amide bonds. The zero-order chi connectivity index (χ0) is 16.6. The Balaban J connectivity index is 1.82. The van der Waals surface area contributed by atoms with Gasteiger partial charge in [0, 0.05) is 17.4 Å². The van der Waals surface area contributed by atoms with E-state index in [9.17, 15) is 14.7 Å². The fourth-order valence-corrected chi connectivity index (χ4v) is 2.95. The van der Waals surface area contributed by atoms with Crippen molar-refractivity contribution in [2.45, 2.75) is 26.3 Å². The Morgan fingerprint density at radius 3 is 2.70 bits per heavy atom. The maximum atomic E-state index is 12.6. The number of hydrogen-bond acceptors (Lipinski definition) is 3. The lowest BCUT2D eigenvalue weighted by Crippen LogP contribution is -2.43. The van der Waals surface area contributed by atoms with E-state index in [1.165, 1.54) is 12.1 Å².